The molecule has 0 aromatic carbocycles. The third-order valence-corrected chi connectivity index (χ3v) is 3.88. The lowest BCUT2D eigenvalue weighted by Crippen LogP contribution is -2.37. The van der Waals surface area contributed by atoms with Crippen molar-refractivity contribution in [1.29, 1.82) is 0 Å². The standard InChI is InChI=1S/C14H27N3/c1-7-12-8-13(17(6)16-12)9-14(15-5)11(4)10(2)3/h8,10-11,14-15H,7,9H2,1-6H3. The maximum Gasteiger partial charge on any atom is 0.0624 e. The highest BCUT2D eigenvalue weighted by Crippen LogP contribution is 2.18. The zero-order valence-electron chi connectivity index (χ0n) is 12.1. The highest BCUT2D eigenvalue weighted by molar-refractivity contribution is 5.11. The number of rotatable bonds is 6. The Morgan fingerprint density at radius 2 is 2.00 bits per heavy atom. The van der Waals surface area contributed by atoms with Gasteiger partial charge in [0, 0.05) is 25.2 Å². The van der Waals surface area contributed by atoms with Crippen molar-refractivity contribution in [2.75, 3.05) is 7.05 Å². The Labute approximate surface area is 106 Å². The third kappa shape index (κ3) is 3.56. The van der Waals surface area contributed by atoms with Gasteiger partial charge in [-0.05, 0) is 31.4 Å². The van der Waals surface area contributed by atoms with Crippen molar-refractivity contribution in [2.24, 2.45) is 18.9 Å². The Morgan fingerprint density at radius 1 is 1.35 bits per heavy atom. The van der Waals surface area contributed by atoms with Crippen LogP contribution in [0.25, 0.3) is 0 Å². The van der Waals surface area contributed by atoms with E-state index in [0.29, 0.717) is 17.9 Å². The molecule has 0 amide bonds. The lowest BCUT2D eigenvalue weighted by molar-refractivity contribution is 0.306. The predicted molar refractivity (Wildman–Crippen MR) is 73.1 cm³/mol. The van der Waals surface area contributed by atoms with Crippen molar-refractivity contribution in [3.8, 4) is 0 Å². The molecule has 1 N–H and O–H groups in total. The largest absolute Gasteiger partial charge is 0.316 e. The van der Waals surface area contributed by atoms with Gasteiger partial charge in [-0.2, -0.15) is 5.10 Å². The SMILES string of the molecule is CCc1cc(CC(NC)C(C)C(C)C)n(C)n1. The van der Waals surface area contributed by atoms with Gasteiger partial charge in [-0.3, -0.25) is 4.68 Å². The van der Waals surface area contributed by atoms with Crippen molar-refractivity contribution < 1.29 is 0 Å². The molecular formula is C14H27N3. The summed E-state index contributed by atoms with van der Waals surface area (Å²) in [5.74, 6) is 1.37. The first-order chi connectivity index (χ1) is 7.99. The second kappa shape index (κ2) is 6.20. The van der Waals surface area contributed by atoms with Gasteiger partial charge in [0.15, 0.2) is 0 Å². The van der Waals surface area contributed by atoms with E-state index in [2.05, 4.69) is 51.2 Å². The first-order valence-corrected chi connectivity index (χ1v) is 6.68. The van der Waals surface area contributed by atoms with Gasteiger partial charge in [0.25, 0.3) is 0 Å². The van der Waals surface area contributed by atoms with E-state index in [4.69, 9.17) is 0 Å². The van der Waals surface area contributed by atoms with Crippen LogP contribution in [0.2, 0.25) is 0 Å². The monoisotopic (exact) mass is 237 g/mol. The molecule has 0 saturated heterocycles. The molecule has 2 unspecified atom stereocenters. The highest BCUT2D eigenvalue weighted by atomic mass is 15.3. The summed E-state index contributed by atoms with van der Waals surface area (Å²) in [5, 5.41) is 7.95. The quantitative estimate of drug-likeness (QED) is 0.823. The van der Waals surface area contributed by atoms with Crippen LogP contribution >= 0.6 is 0 Å². The Kier molecular flexibility index (Phi) is 5.19. The first-order valence-electron chi connectivity index (χ1n) is 6.68. The Bertz CT molecular complexity index is 341. The minimum atomic E-state index is 0.523. The van der Waals surface area contributed by atoms with E-state index in [1.54, 1.807) is 0 Å². The van der Waals surface area contributed by atoms with Crippen molar-refractivity contribution >= 4 is 0 Å². The van der Waals surface area contributed by atoms with Gasteiger partial charge in [-0.1, -0.05) is 27.7 Å². The lowest BCUT2D eigenvalue weighted by Gasteiger charge is -2.26. The average molecular weight is 237 g/mol. The summed E-state index contributed by atoms with van der Waals surface area (Å²) in [5.41, 5.74) is 2.52. The third-order valence-electron chi connectivity index (χ3n) is 3.88. The van der Waals surface area contributed by atoms with Crippen LogP contribution < -0.4 is 5.32 Å². The maximum absolute atomic E-state index is 4.51. The van der Waals surface area contributed by atoms with E-state index in [0.717, 1.165) is 12.8 Å². The first kappa shape index (κ1) is 14.2. The molecule has 1 aromatic rings. The van der Waals surface area contributed by atoms with Crippen molar-refractivity contribution in [3.05, 3.63) is 17.5 Å². The van der Waals surface area contributed by atoms with Crippen LogP contribution in [0.15, 0.2) is 6.07 Å². The second-order valence-corrected chi connectivity index (χ2v) is 5.31. The number of hydrogen-bond acceptors (Lipinski definition) is 2. The molecule has 1 rings (SSSR count). The average Bonchev–Trinajstić information content (AvgIpc) is 2.65. The van der Waals surface area contributed by atoms with Gasteiger partial charge in [-0.25, -0.2) is 0 Å². The topological polar surface area (TPSA) is 29.9 Å². The molecule has 3 heteroatoms. The highest BCUT2D eigenvalue weighted by Gasteiger charge is 2.20. The van der Waals surface area contributed by atoms with Gasteiger partial charge < -0.3 is 5.32 Å². The second-order valence-electron chi connectivity index (χ2n) is 5.31. The summed E-state index contributed by atoms with van der Waals surface area (Å²) in [7, 11) is 4.10. The summed E-state index contributed by atoms with van der Waals surface area (Å²) in [6, 6.07) is 2.76. The van der Waals surface area contributed by atoms with E-state index in [9.17, 15) is 0 Å². The summed E-state index contributed by atoms with van der Waals surface area (Å²) in [4.78, 5) is 0. The zero-order chi connectivity index (χ0) is 13.0. The molecule has 0 aliphatic rings. The number of nitrogens with zero attached hydrogens (tertiary/aromatic N) is 2. The minimum absolute atomic E-state index is 0.523. The fraction of sp³-hybridized carbons (Fsp3) is 0.786. The number of hydrogen-bond donors (Lipinski definition) is 1. The Balaban J connectivity index is 2.76. The van der Waals surface area contributed by atoms with Gasteiger partial charge in [0.2, 0.25) is 0 Å². The number of aromatic nitrogens is 2. The molecule has 2 atom stereocenters. The van der Waals surface area contributed by atoms with E-state index in [-0.39, 0.29) is 0 Å². The van der Waals surface area contributed by atoms with Gasteiger partial charge in [-0.15, -0.1) is 0 Å². The molecule has 98 valence electrons. The van der Waals surface area contributed by atoms with Gasteiger partial charge >= 0.3 is 0 Å². The maximum atomic E-state index is 4.51. The summed E-state index contributed by atoms with van der Waals surface area (Å²) in [6.07, 6.45) is 2.07. The van der Waals surface area contributed by atoms with Gasteiger partial charge in [0.1, 0.15) is 0 Å². The molecule has 3 nitrogen and oxygen atoms in total. The fourth-order valence-corrected chi connectivity index (χ4v) is 2.18. The van der Waals surface area contributed by atoms with E-state index in [1.807, 2.05) is 11.7 Å². The van der Waals surface area contributed by atoms with Crippen LogP contribution in [0.1, 0.15) is 39.1 Å². The van der Waals surface area contributed by atoms with Crippen molar-refractivity contribution in [1.82, 2.24) is 15.1 Å². The fourth-order valence-electron chi connectivity index (χ4n) is 2.18. The van der Waals surface area contributed by atoms with Gasteiger partial charge in [0.05, 0.1) is 5.69 Å². The lowest BCUT2D eigenvalue weighted by atomic mass is 9.88. The van der Waals surface area contributed by atoms with Crippen molar-refractivity contribution in [2.45, 2.75) is 46.6 Å². The summed E-state index contributed by atoms with van der Waals surface area (Å²) < 4.78 is 2.02. The molecule has 1 heterocycles. The van der Waals surface area contributed by atoms with Crippen LogP contribution in [0.3, 0.4) is 0 Å². The molecule has 17 heavy (non-hydrogen) atoms. The van der Waals surface area contributed by atoms with Crippen LogP contribution in [0, 0.1) is 11.8 Å². The molecule has 0 spiro atoms. The number of aryl methyl sites for hydroxylation is 2. The van der Waals surface area contributed by atoms with E-state index in [1.165, 1.54) is 11.4 Å². The molecule has 0 saturated carbocycles. The van der Waals surface area contributed by atoms with E-state index < -0.39 is 0 Å². The predicted octanol–water partition coefficient (Wildman–Crippen LogP) is 2.41. The summed E-state index contributed by atoms with van der Waals surface area (Å²) >= 11 is 0. The number of likely N-dealkylation sites (N-methyl/N-ethyl adjacent to an activating group) is 1. The Morgan fingerprint density at radius 3 is 2.41 bits per heavy atom. The van der Waals surface area contributed by atoms with Crippen LogP contribution in [-0.2, 0) is 19.9 Å². The molecular weight excluding hydrogens is 210 g/mol. The molecule has 0 aliphatic carbocycles. The Hall–Kier alpha value is -0.830. The summed E-state index contributed by atoms with van der Waals surface area (Å²) in [6.45, 7) is 9.05. The minimum Gasteiger partial charge on any atom is -0.316 e. The molecule has 0 fully saturated rings. The van der Waals surface area contributed by atoms with E-state index >= 15 is 0 Å². The van der Waals surface area contributed by atoms with Crippen LogP contribution in [-0.4, -0.2) is 22.9 Å². The zero-order valence-corrected chi connectivity index (χ0v) is 12.1. The van der Waals surface area contributed by atoms with Crippen LogP contribution in [0.5, 0.6) is 0 Å². The smallest absolute Gasteiger partial charge is 0.0624 e. The normalized spacial score (nSPS) is 15.2. The molecule has 0 aliphatic heterocycles. The molecule has 1 aromatic heterocycles. The van der Waals surface area contributed by atoms with Crippen LogP contribution in [0.4, 0.5) is 0 Å². The molecule has 0 radical (unpaired) electrons. The number of nitrogens with one attached hydrogen (secondary N) is 1. The van der Waals surface area contributed by atoms with Crippen molar-refractivity contribution in [3.63, 3.8) is 0 Å². The molecule has 0 bridgehead atoms.